The van der Waals surface area contributed by atoms with Crippen LogP contribution >= 0.6 is 0 Å². The lowest BCUT2D eigenvalue weighted by Crippen LogP contribution is -2.53. The standard InChI is InChI=1S/C22H36O3/c1-21-12-10-19-17(18(21)7-4-14(21)5-8-20(24)25)6-3-15-13-16(23)9-11-22(15,19)2/h14-19,23H,3-13H2,1-2H3,(H,24,25)/t14?,15?,16-,17?,18?,19?,21-,22+/m1/s1. The third-order valence-corrected chi connectivity index (χ3v) is 9.54. The monoisotopic (exact) mass is 348 g/mol. The molecule has 3 heteroatoms. The maximum absolute atomic E-state index is 11.1. The second kappa shape index (κ2) is 6.25. The molecule has 2 N–H and O–H groups in total. The van der Waals surface area contributed by atoms with E-state index in [2.05, 4.69) is 13.8 Å². The summed E-state index contributed by atoms with van der Waals surface area (Å²) in [6, 6.07) is 0. The number of carboxylic acids is 1. The second-order valence-corrected chi connectivity index (χ2v) is 10.3. The molecule has 4 aliphatic carbocycles. The van der Waals surface area contributed by atoms with Gasteiger partial charge in [0.05, 0.1) is 6.10 Å². The number of aliphatic carboxylic acids is 1. The minimum atomic E-state index is -0.630. The van der Waals surface area contributed by atoms with Crippen molar-refractivity contribution in [1.29, 1.82) is 0 Å². The van der Waals surface area contributed by atoms with Crippen molar-refractivity contribution in [3.05, 3.63) is 0 Å². The van der Waals surface area contributed by atoms with Crippen LogP contribution in [0.5, 0.6) is 0 Å². The van der Waals surface area contributed by atoms with Crippen LogP contribution < -0.4 is 0 Å². The van der Waals surface area contributed by atoms with Gasteiger partial charge in [0.15, 0.2) is 0 Å². The molecule has 0 aromatic carbocycles. The Hall–Kier alpha value is -0.570. The SMILES string of the molecule is C[C@]12CC[C@@H](O)CC1CCC1C2CC[C@]2(C)C(CCC(=O)O)CCC12. The summed E-state index contributed by atoms with van der Waals surface area (Å²) >= 11 is 0. The Morgan fingerprint density at radius 2 is 1.68 bits per heavy atom. The highest BCUT2D eigenvalue weighted by Gasteiger charge is 2.59. The van der Waals surface area contributed by atoms with Crippen molar-refractivity contribution in [2.24, 2.45) is 40.4 Å². The number of fused-ring (bicyclic) bond motifs is 5. The maximum Gasteiger partial charge on any atom is 0.303 e. The molecule has 0 aromatic heterocycles. The molecule has 5 unspecified atom stereocenters. The summed E-state index contributed by atoms with van der Waals surface area (Å²) in [5, 5.41) is 19.2. The van der Waals surface area contributed by atoms with Gasteiger partial charge in [-0.3, -0.25) is 4.79 Å². The third-order valence-electron chi connectivity index (χ3n) is 9.54. The fraction of sp³-hybridized carbons (Fsp3) is 0.955. The third kappa shape index (κ3) is 2.76. The summed E-state index contributed by atoms with van der Waals surface area (Å²) < 4.78 is 0. The number of hydrogen-bond acceptors (Lipinski definition) is 2. The number of rotatable bonds is 3. The van der Waals surface area contributed by atoms with Crippen LogP contribution in [0.25, 0.3) is 0 Å². The molecule has 4 fully saturated rings. The zero-order valence-electron chi connectivity index (χ0n) is 16.0. The predicted octanol–water partition coefficient (Wildman–Crippen LogP) is 4.87. The molecule has 8 atom stereocenters. The van der Waals surface area contributed by atoms with E-state index in [1.807, 2.05) is 0 Å². The fourth-order valence-corrected chi connectivity index (χ4v) is 8.12. The topological polar surface area (TPSA) is 57.5 Å². The van der Waals surface area contributed by atoms with E-state index >= 15 is 0 Å². The van der Waals surface area contributed by atoms with Gasteiger partial charge >= 0.3 is 5.97 Å². The molecule has 0 amide bonds. The van der Waals surface area contributed by atoms with Crippen LogP contribution in [0.15, 0.2) is 0 Å². The van der Waals surface area contributed by atoms with Crippen molar-refractivity contribution in [3.8, 4) is 0 Å². The van der Waals surface area contributed by atoms with E-state index in [1.54, 1.807) is 0 Å². The van der Waals surface area contributed by atoms with Crippen LogP contribution in [-0.4, -0.2) is 22.3 Å². The van der Waals surface area contributed by atoms with Gasteiger partial charge in [-0.2, -0.15) is 0 Å². The van der Waals surface area contributed by atoms with Gasteiger partial charge in [0, 0.05) is 6.42 Å². The van der Waals surface area contributed by atoms with E-state index in [1.165, 1.54) is 44.9 Å². The van der Waals surface area contributed by atoms with Crippen LogP contribution in [0.4, 0.5) is 0 Å². The van der Waals surface area contributed by atoms with Crippen LogP contribution in [0, 0.1) is 40.4 Å². The van der Waals surface area contributed by atoms with E-state index in [4.69, 9.17) is 5.11 Å². The molecule has 4 rings (SSSR count). The van der Waals surface area contributed by atoms with Crippen LogP contribution in [0.1, 0.15) is 84.5 Å². The zero-order valence-corrected chi connectivity index (χ0v) is 16.0. The van der Waals surface area contributed by atoms with E-state index in [0.717, 1.165) is 42.9 Å². The normalized spacial score (nSPS) is 52.1. The molecule has 25 heavy (non-hydrogen) atoms. The average molecular weight is 349 g/mol. The first kappa shape index (κ1) is 17.8. The number of carbonyl (C=O) groups is 1. The van der Waals surface area contributed by atoms with Gasteiger partial charge < -0.3 is 10.2 Å². The van der Waals surface area contributed by atoms with Crippen molar-refractivity contribution >= 4 is 5.97 Å². The average Bonchev–Trinajstić information content (AvgIpc) is 2.90. The summed E-state index contributed by atoms with van der Waals surface area (Å²) in [7, 11) is 0. The molecular formula is C22H36O3. The lowest BCUT2D eigenvalue weighted by atomic mass is 9.44. The van der Waals surface area contributed by atoms with Gasteiger partial charge in [-0.15, -0.1) is 0 Å². The highest BCUT2D eigenvalue weighted by molar-refractivity contribution is 5.66. The molecule has 0 aromatic rings. The lowest BCUT2D eigenvalue weighted by Gasteiger charge is -2.61. The van der Waals surface area contributed by atoms with Gasteiger partial charge in [0.1, 0.15) is 0 Å². The summed E-state index contributed by atoms with van der Waals surface area (Å²) in [5.41, 5.74) is 0.830. The van der Waals surface area contributed by atoms with Crippen LogP contribution in [0.2, 0.25) is 0 Å². The molecule has 3 nitrogen and oxygen atoms in total. The number of carboxylic acid groups (broad SMARTS) is 1. The molecule has 0 radical (unpaired) electrons. The minimum absolute atomic E-state index is 0.0599. The largest absolute Gasteiger partial charge is 0.481 e. The molecule has 4 aliphatic rings. The molecule has 0 bridgehead atoms. The van der Waals surface area contributed by atoms with E-state index in [0.29, 0.717) is 23.2 Å². The second-order valence-electron chi connectivity index (χ2n) is 10.3. The molecular weight excluding hydrogens is 312 g/mol. The van der Waals surface area contributed by atoms with E-state index in [9.17, 15) is 9.90 Å². The Kier molecular flexibility index (Phi) is 4.46. The van der Waals surface area contributed by atoms with Gasteiger partial charge in [-0.1, -0.05) is 13.8 Å². The Balaban J connectivity index is 1.53. The van der Waals surface area contributed by atoms with Gasteiger partial charge in [0.2, 0.25) is 0 Å². The van der Waals surface area contributed by atoms with E-state index < -0.39 is 5.97 Å². The van der Waals surface area contributed by atoms with Gasteiger partial charge in [-0.25, -0.2) is 0 Å². The number of aliphatic hydroxyl groups is 1. The number of hydrogen-bond donors (Lipinski definition) is 2. The first-order valence-electron chi connectivity index (χ1n) is 10.7. The molecule has 0 heterocycles. The Labute approximate surface area is 152 Å². The minimum Gasteiger partial charge on any atom is -0.481 e. The lowest BCUT2D eigenvalue weighted by molar-refractivity contribution is -0.138. The van der Waals surface area contributed by atoms with Crippen molar-refractivity contribution in [1.82, 2.24) is 0 Å². The highest BCUT2D eigenvalue weighted by Crippen LogP contribution is 2.67. The molecule has 142 valence electrons. The molecule has 0 aliphatic heterocycles. The highest BCUT2D eigenvalue weighted by atomic mass is 16.4. The quantitative estimate of drug-likeness (QED) is 0.765. The summed E-state index contributed by atoms with van der Waals surface area (Å²) in [6.07, 6.45) is 12.3. The smallest absolute Gasteiger partial charge is 0.303 e. The fourth-order valence-electron chi connectivity index (χ4n) is 8.12. The first-order valence-corrected chi connectivity index (χ1v) is 10.7. The van der Waals surface area contributed by atoms with Crippen LogP contribution in [0.3, 0.4) is 0 Å². The van der Waals surface area contributed by atoms with Crippen molar-refractivity contribution in [3.63, 3.8) is 0 Å². The van der Waals surface area contributed by atoms with Gasteiger partial charge in [0.25, 0.3) is 0 Å². The van der Waals surface area contributed by atoms with Crippen molar-refractivity contribution < 1.29 is 15.0 Å². The molecule has 4 saturated carbocycles. The van der Waals surface area contributed by atoms with Crippen LogP contribution in [-0.2, 0) is 4.79 Å². The molecule has 0 saturated heterocycles. The summed E-state index contributed by atoms with van der Waals surface area (Å²) in [4.78, 5) is 11.1. The summed E-state index contributed by atoms with van der Waals surface area (Å²) in [6.45, 7) is 5.03. The maximum atomic E-state index is 11.1. The first-order chi connectivity index (χ1) is 11.8. The van der Waals surface area contributed by atoms with Crippen molar-refractivity contribution in [2.45, 2.75) is 90.6 Å². The summed E-state index contributed by atoms with van der Waals surface area (Å²) in [5.74, 6) is 3.23. The zero-order chi connectivity index (χ0) is 17.8. The Bertz CT molecular complexity index is 531. The number of aliphatic hydroxyl groups excluding tert-OH is 1. The Morgan fingerprint density at radius 3 is 2.44 bits per heavy atom. The molecule has 0 spiro atoms. The Morgan fingerprint density at radius 1 is 0.960 bits per heavy atom. The van der Waals surface area contributed by atoms with Crippen molar-refractivity contribution in [2.75, 3.05) is 0 Å². The van der Waals surface area contributed by atoms with Gasteiger partial charge in [-0.05, 0) is 105 Å². The van der Waals surface area contributed by atoms with E-state index in [-0.39, 0.29) is 6.10 Å². The predicted molar refractivity (Wildman–Crippen MR) is 98.1 cm³/mol.